The third-order valence-electron chi connectivity index (χ3n) is 19.0. The Morgan fingerprint density at radius 1 is 0.379 bits per heavy atom. The first-order valence-corrected chi connectivity index (χ1v) is 39.1. The standard InChI is InChI=1S/C78H151NO8/c1-3-5-7-9-11-13-15-17-19-21-23-25-27-29-31-32-33-34-35-36-37-38-39-40-42-44-46-48-50-52-54-56-58-60-62-64-66-68-74(82)79-71(70-86-78-77(85)76(84)75(83)73(69-80)87-78)72(81)67-65-63-61-59-57-55-53-51-49-47-45-43-41-30-28-26-24-22-20-18-16-14-12-10-8-6-4-2/h21,23,65,67,71-73,75-78,80-81,83-85H,3-20,22,24-64,66,68-70H2,1-2H3,(H,79,82)/b23-21-,67-65+. The molecule has 9 nitrogen and oxygen atoms in total. The number of aliphatic hydroxyl groups is 5. The van der Waals surface area contributed by atoms with Crippen LogP contribution in [0.5, 0.6) is 0 Å². The summed E-state index contributed by atoms with van der Waals surface area (Å²) in [5.74, 6) is -0.167. The Balaban J connectivity index is 2.06. The molecule has 1 aliphatic heterocycles. The molecule has 0 aliphatic carbocycles. The molecule has 1 fully saturated rings. The molecule has 1 heterocycles. The minimum atomic E-state index is -1.57. The van der Waals surface area contributed by atoms with Gasteiger partial charge in [0.05, 0.1) is 25.4 Å². The van der Waals surface area contributed by atoms with E-state index in [2.05, 4.69) is 31.3 Å². The van der Waals surface area contributed by atoms with E-state index in [1.54, 1.807) is 6.08 Å². The zero-order valence-corrected chi connectivity index (χ0v) is 58.1. The highest BCUT2D eigenvalue weighted by atomic mass is 16.7. The second kappa shape index (κ2) is 67.6. The number of aliphatic hydroxyl groups excluding tert-OH is 5. The van der Waals surface area contributed by atoms with Crippen molar-refractivity contribution in [2.24, 2.45) is 0 Å². The van der Waals surface area contributed by atoms with Crippen molar-refractivity contribution in [1.82, 2.24) is 5.32 Å². The molecule has 0 bridgehead atoms. The summed E-state index contributed by atoms with van der Waals surface area (Å²) < 4.78 is 11.3. The van der Waals surface area contributed by atoms with Crippen molar-refractivity contribution in [3.05, 3.63) is 24.3 Å². The van der Waals surface area contributed by atoms with Crippen molar-refractivity contribution < 1.29 is 39.8 Å². The van der Waals surface area contributed by atoms with Gasteiger partial charge >= 0.3 is 0 Å². The maximum absolute atomic E-state index is 13.2. The molecule has 1 rings (SSSR count). The summed E-state index contributed by atoms with van der Waals surface area (Å²) in [5.41, 5.74) is 0. The molecule has 7 atom stereocenters. The summed E-state index contributed by atoms with van der Waals surface area (Å²) >= 11 is 0. The zero-order valence-electron chi connectivity index (χ0n) is 58.1. The Kier molecular flexibility index (Phi) is 65.0. The first-order valence-electron chi connectivity index (χ1n) is 39.1. The number of ether oxygens (including phenoxy) is 2. The molecular formula is C78H151NO8. The second-order valence-electron chi connectivity index (χ2n) is 27.5. The number of allylic oxidation sites excluding steroid dienone is 3. The van der Waals surface area contributed by atoms with E-state index in [0.717, 1.165) is 38.5 Å². The van der Waals surface area contributed by atoms with Crippen molar-refractivity contribution in [3.8, 4) is 0 Å². The van der Waals surface area contributed by atoms with E-state index in [1.807, 2.05) is 6.08 Å². The van der Waals surface area contributed by atoms with Gasteiger partial charge in [-0.25, -0.2) is 0 Å². The minimum Gasteiger partial charge on any atom is -0.394 e. The summed E-state index contributed by atoms with van der Waals surface area (Å²) in [6.45, 7) is 3.85. The summed E-state index contributed by atoms with van der Waals surface area (Å²) in [6, 6.07) is -0.804. The number of hydrogen-bond acceptors (Lipinski definition) is 8. The van der Waals surface area contributed by atoms with Crippen molar-refractivity contribution in [2.75, 3.05) is 13.2 Å². The molecule has 6 N–H and O–H groups in total. The van der Waals surface area contributed by atoms with E-state index in [4.69, 9.17) is 9.47 Å². The fourth-order valence-electron chi connectivity index (χ4n) is 12.9. The Labute approximate surface area is 540 Å². The molecule has 7 unspecified atom stereocenters. The number of hydrogen-bond donors (Lipinski definition) is 6. The van der Waals surface area contributed by atoms with Crippen LogP contribution in [0.3, 0.4) is 0 Å². The van der Waals surface area contributed by atoms with Crippen LogP contribution < -0.4 is 5.32 Å². The van der Waals surface area contributed by atoms with Gasteiger partial charge in [-0.3, -0.25) is 4.79 Å². The Morgan fingerprint density at radius 3 is 0.931 bits per heavy atom. The number of carbonyl (C=O) groups is 1. The smallest absolute Gasteiger partial charge is 0.220 e. The number of unbranched alkanes of at least 4 members (excludes halogenated alkanes) is 58. The largest absolute Gasteiger partial charge is 0.394 e. The van der Waals surface area contributed by atoms with Gasteiger partial charge < -0.3 is 40.3 Å². The van der Waals surface area contributed by atoms with E-state index >= 15 is 0 Å². The van der Waals surface area contributed by atoms with Crippen LogP contribution in [0.1, 0.15) is 412 Å². The van der Waals surface area contributed by atoms with Crippen LogP contribution >= 0.6 is 0 Å². The van der Waals surface area contributed by atoms with Crippen molar-refractivity contribution in [3.63, 3.8) is 0 Å². The fourth-order valence-corrected chi connectivity index (χ4v) is 12.9. The molecule has 87 heavy (non-hydrogen) atoms. The summed E-state index contributed by atoms with van der Waals surface area (Å²) in [6.07, 6.45) is 83.2. The fraction of sp³-hybridized carbons (Fsp3) is 0.936. The Hall–Kier alpha value is -1.33. The molecule has 1 aliphatic rings. The average molecular weight is 1230 g/mol. The first-order chi connectivity index (χ1) is 42.8. The SMILES string of the molecule is CCCCCCCCCC/C=C\CCCCCCCCCCCCCCCCCCCCCCCCCCCC(=O)NC(COC1OC(CO)C(O)C(O)C1O)C(O)/C=C/CCCCCCCCCCCCCCCCCCCCCCCCCCC. The van der Waals surface area contributed by atoms with Crippen molar-refractivity contribution in [2.45, 2.75) is 455 Å². The van der Waals surface area contributed by atoms with Gasteiger partial charge in [-0.05, 0) is 44.9 Å². The maximum Gasteiger partial charge on any atom is 0.220 e. The molecule has 0 aromatic heterocycles. The Morgan fingerprint density at radius 2 is 0.644 bits per heavy atom. The highest BCUT2D eigenvalue weighted by Crippen LogP contribution is 2.24. The van der Waals surface area contributed by atoms with Gasteiger partial charge in [-0.1, -0.05) is 385 Å². The summed E-state index contributed by atoms with van der Waals surface area (Å²) in [5, 5.41) is 54.9. The van der Waals surface area contributed by atoms with Gasteiger partial charge in [0.2, 0.25) is 5.91 Å². The molecule has 0 aromatic rings. The lowest BCUT2D eigenvalue weighted by Gasteiger charge is -2.40. The number of amides is 1. The van der Waals surface area contributed by atoms with Gasteiger partial charge in [0.25, 0.3) is 0 Å². The van der Waals surface area contributed by atoms with Crippen LogP contribution in [0.4, 0.5) is 0 Å². The highest BCUT2D eigenvalue weighted by Gasteiger charge is 2.44. The van der Waals surface area contributed by atoms with Crippen LogP contribution in [-0.2, 0) is 14.3 Å². The van der Waals surface area contributed by atoms with E-state index in [-0.39, 0.29) is 12.5 Å². The van der Waals surface area contributed by atoms with Gasteiger partial charge in [0, 0.05) is 6.42 Å². The molecule has 9 heteroatoms. The maximum atomic E-state index is 13.2. The lowest BCUT2D eigenvalue weighted by Crippen LogP contribution is -2.60. The van der Waals surface area contributed by atoms with Crippen LogP contribution in [0.25, 0.3) is 0 Å². The Bertz CT molecular complexity index is 1430. The average Bonchev–Trinajstić information content (AvgIpc) is 3.37. The topological polar surface area (TPSA) is 149 Å². The molecule has 0 aromatic carbocycles. The molecular weight excluding hydrogens is 1080 g/mol. The van der Waals surface area contributed by atoms with Gasteiger partial charge in [-0.2, -0.15) is 0 Å². The summed E-state index contributed by atoms with van der Waals surface area (Å²) in [4.78, 5) is 13.2. The third kappa shape index (κ3) is 56.0. The number of rotatable bonds is 70. The van der Waals surface area contributed by atoms with E-state index in [1.165, 1.54) is 353 Å². The van der Waals surface area contributed by atoms with E-state index in [0.29, 0.717) is 6.42 Å². The molecule has 0 saturated carbocycles. The van der Waals surface area contributed by atoms with Crippen molar-refractivity contribution in [1.29, 1.82) is 0 Å². The van der Waals surface area contributed by atoms with Gasteiger partial charge in [0.1, 0.15) is 24.4 Å². The monoisotopic (exact) mass is 1230 g/mol. The number of carbonyl (C=O) groups excluding carboxylic acids is 1. The van der Waals surface area contributed by atoms with Crippen LogP contribution in [0.2, 0.25) is 0 Å². The third-order valence-corrected chi connectivity index (χ3v) is 19.0. The zero-order chi connectivity index (χ0) is 62.8. The highest BCUT2D eigenvalue weighted by molar-refractivity contribution is 5.76. The molecule has 1 amide bonds. The first kappa shape index (κ1) is 83.7. The molecule has 0 radical (unpaired) electrons. The van der Waals surface area contributed by atoms with Crippen LogP contribution in [0.15, 0.2) is 24.3 Å². The van der Waals surface area contributed by atoms with E-state index in [9.17, 15) is 30.3 Å². The molecule has 1 saturated heterocycles. The second-order valence-corrected chi connectivity index (χ2v) is 27.5. The van der Waals surface area contributed by atoms with Crippen molar-refractivity contribution >= 4 is 5.91 Å². The molecule has 516 valence electrons. The van der Waals surface area contributed by atoms with Crippen LogP contribution in [0, 0.1) is 0 Å². The lowest BCUT2D eigenvalue weighted by molar-refractivity contribution is -0.302. The summed E-state index contributed by atoms with van der Waals surface area (Å²) in [7, 11) is 0. The van der Waals surface area contributed by atoms with Gasteiger partial charge in [0.15, 0.2) is 6.29 Å². The predicted molar refractivity (Wildman–Crippen MR) is 374 cm³/mol. The van der Waals surface area contributed by atoms with E-state index < -0.39 is 49.5 Å². The predicted octanol–water partition coefficient (Wildman–Crippen LogP) is 22.0. The lowest BCUT2D eigenvalue weighted by atomic mass is 9.99. The van der Waals surface area contributed by atoms with Crippen LogP contribution in [-0.4, -0.2) is 87.5 Å². The van der Waals surface area contributed by atoms with Gasteiger partial charge in [-0.15, -0.1) is 0 Å². The normalized spacial score (nSPS) is 18.0. The minimum absolute atomic E-state index is 0.167. The quantitative estimate of drug-likeness (QED) is 0.0261. The molecule has 0 spiro atoms. The number of nitrogens with one attached hydrogen (secondary N) is 1.